The number of nitrogens with one attached hydrogen (secondary N) is 1. The molecule has 0 bridgehead atoms. The maximum absolute atomic E-state index is 5.94. The Morgan fingerprint density at radius 2 is 2.40 bits per heavy atom. The Hall–Kier alpha value is -1.29. The summed E-state index contributed by atoms with van der Waals surface area (Å²) in [6.07, 6.45) is 3.01. The molecular formula is C11H17N3O. The summed E-state index contributed by atoms with van der Waals surface area (Å²) in [5.74, 6) is 0.775. The maximum Gasteiger partial charge on any atom is 0.149 e. The van der Waals surface area contributed by atoms with Crippen molar-refractivity contribution in [3.63, 3.8) is 0 Å². The summed E-state index contributed by atoms with van der Waals surface area (Å²) in [4.78, 5) is 4.25. The normalized spacial score (nSPS) is 25.5. The zero-order valence-corrected chi connectivity index (χ0v) is 9.16. The molecule has 1 saturated heterocycles. The second-order valence-electron chi connectivity index (χ2n) is 4.01. The first-order valence-electron chi connectivity index (χ1n) is 5.27. The van der Waals surface area contributed by atoms with Crippen LogP contribution in [0.2, 0.25) is 0 Å². The minimum atomic E-state index is 0.228. The molecule has 1 aromatic rings. The molecule has 1 aliphatic heterocycles. The highest BCUT2D eigenvalue weighted by molar-refractivity contribution is 5.65. The molecule has 15 heavy (non-hydrogen) atoms. The molecule has 0 aliphatic carbocycles. The highest BCUT2D eigenvalue weighted by Crippen LogP contribution is 2.23. The summed E-state index contributed by atoms with van der Waals surface area (Å²) in [6, 6.07) is 2.23. The number of anilines is 2. The fourth-order valence-electron chi connectivity index (χ4n) is 1.78. The third-order valence-corrected chi connectivity index (χ3v) is 2.91. The summed E-state index contributed by atoms with van der Waals surface area (Å²) >= 11 is 0. The van der Waals surface area contributed by atoms with Crippen LogP contribution in [0.1, 0.15) is 18.9 Å². The number of rotatable bonds is 2. The van der Waals surface area contributed by atoms with Crippen LogP contribution in [-0.2, 0) is 4.74 Å². The first-order valence-corrected chi connectivity index (χ1v) is 5.27. The summed E-state index contributed by atoms with van der Waals surface area (Å²) in [6.45, 7) is 4.86. The summed E-state index contributed by atoms with van der Waals surface area (Å²) < 4.78 is 5.48. The van der Waals surface area contributed by atoms with Crippen molar-refractivity contribution in [2.24, 2.45) is 0 Å². The second-order valence-corrected chi connectivity index (χ2v) is 4.01. The third kappa shape index (κ3) is 2.04. The van der Waals surface area contributed by atoms with Crippen molar-refractivity contribution in [3.05, 3.63) is 17.8 Å². The van der Waals surface area contributed by atoms with E-state index in [1.165, 1.54) is 0 Å². The van der Waals surface area contributed by atoms with Crippen molar-refractivity contribution < 1.29 is 4.74 Å². The average molecular weight is 207 g/mol. The molecule has 2 unspecified atom stereocenters. The van der Waals surface area contributed by atoms with Gasteiger partial charge in [-0.15, -0.1) is 0 Å². The van der Waals surface area contributed by atoms with Gasteiger partial charge in [-0.2, -0.15) is 0 Å². The third-order valence-electron chi connectivity index (χ3n) is 2.91. The molecule has 1 fully saturated rings. The SMILES string of the molecule is Cc1ccnc(NC2CCOC2C)c1N. The van der Waals surface area contributed by atoms with Gasteiger partial charge in [-0.05, 0) is 31.9 Å². The van der Waals surface area contributed by atoms with Crippen LogP contribution < -0.4 is 11.1 Å². The Bertz CT molecular complexity index is 354. The van der Waals surface area contributed by atoms with Crippen LogP contribution >= 0.6 is 0 Å². The van der Waals surface area contributed by atoms with Crippen molar-refractivity contribution >= 4 is 11.5 Å². The Labute approximate surface area is 89.8 Å². The molecule has 2 rings (SSSR count). The number of aryl methyl sites for hydroxylation is 1. The van der Waals surface area contributed by atoms with Gasteiger partial charge in [-0.1, -0.05) is 0 Å². The quantitative estimate of drug-likeness (QED) is 0.772. The summed E-state index contributed by atoms with van der Waals surface area (Å²) in [7, 11) is 0. The number of hydrogen-bond donors (Lipinski definition) is 2. The molecule has 0 radical (unpaired) electrons. The van der Waals surface area contributed by atoms with Gasteiger partial charge < -0.3 is 15.8 Å². The predicted octanol–water partition coefficient (Wildman–Crippen LogP) is 1.56. The van der Waals surface area contributed by atoms with Crippen LogP contribution in [0.3, 0.4) is 0 Å². The lowest BCUT2D eigenvalue weighted by molar-refractivity contribution is 0.121. The highest BCUT2D eigenvalue weighted by atomic mass is 16.5. The molecule has 3 N–H and O–H groups in total. The van der Waals surface area contributed by atoms with Crippen molar-refractivity contribution in [2.75, 3.05) is 17.7 Å². The molecule has 1 aliphatic rings. The number of nitrogens with two attached hydrogens (primary N) is 1. The van der Waals surface area contributed by atoms with Crippen LogP contribution in [0.4, 0.5) is 11.5 Å². The monoisotopic (exact) mass is 207 g/mol. The molecule has 0 amide bonds. The molecule has 0 aromatic carbocycles. The minimum Gasteiger partial charge on any atom is -0.396 e. The van der Waals surface area contributed by atoms with E-state index in [-0.39, 0.29) is 6.10 Å². The first-order chi connectivity index (χ1) is 7.18. The van der Waals surface area contributed by atoms with Crippen molar-refractivity contribution in [1.29, 1.82) is 0 Å². The summed E-state index contributed by atoms with van der Waals surface area (Å²) in [5.41, 5.74) is 7.73. The number of ether oxygens (including phenoxy) is 1. The van der Waals surface area contributed by atoms with Crippen LogP contribution in [0.15, 0.2) is 12.3 Å². The van der Waals surface area contributed by atoms with Crippen molar-refractivity contribution in [2.45, 2.75) is 32.4 Å². The van der Waals surface area contributed by atoms with Gasteiger partial charge in [-0.25, -0.2) is 4.98 Å². The van der Waals surface area contributed by atoms with E-state index in [1.807, 2.05) is 13.0 Å². The molecule has 4 nitrogen and oxygen atoms in total. The van der Waals surface area contributed by atoms with Gasteiger partial charge in [0.15, 0.2) is 0 Å². The zero-order valence-electron chi connectivity index (χ0n) is 9.16. The summed E-state index contributed by atoms with van der Waals surface area (Å²) in [5, 5.41) is 3.34. The van der Waals surface area contributed by atoms with E-state index in [4.69, 9.17) is 10.5 Å². The van der Waals surface area contributed by atoms with Crippen molar-refractivity contribution in [1.82, 2.24) is 4.98 Å². The first kappa shape index (κ1) is 10.2. The van der Waals surface area contributed by atoms with Crippen molar-refractivity contribution in [3.8, 4) is 0 Å². The number of aromatic nitrogens is 1. The van der Waals surface area contributed by atoms with Gasteiger partial charge in [0.2, 0.25) is 0 Å². The van der Waals surface area contributed by atoms with Crippen LogP contribution in [0.5, 0.6) is 0 Å². The van der Waals surface area contributed by atoms with Crippen LogP contribution in [0, 0.1) is 6.92 Å². The van der Waals surface area contributed by atoms with Gasteiger partial charge in [-0.3, -0.25) is 0 Å². The molecule has 2 heterocycles. The molecule has 0 spiro atoms. The van der Waals surface area contributed by atoms with Crippen LogP contribution in [0.25, 0.3) is 0 Å². The molecule has 0 saturated carbocycles. The number of nitrogen functional groups attached to an aromatic ring is 1. The lowest BCUT2D eigenvalue weighted by Gasteiger charge is -2.18. The Morgan fingerprint density at radius 1 is 1.60 bits per heavy atom. The smallest absolute Gasteiger partial charge is 0.149 e. The van der Waals surface area contributed by atoms with E-state index >= 15 is 0 Å². The van der Waals surface area contributed by atoms with E-state index in [1.54, 1.807) is 6.20 Å². The average Bonchev–Trinajstić information content (AvgIpc) is 2.60. The number of nitrogens with zero attached hydrogens (tertiary/aromatic N) is 1. The van der Waals surface area contributed by atoms with E-state index in [0.29, 0.717) is 6.04 Å². The standard InChI is InChI=1S/C11H17N3O/c1-7-3-5-13-11(10(7)12)14-9-4-6-15-8(9)2/h3,5,8-9H,4,6,12H2,1-2H3,(H,13,14). The minimum absolute atomic E-state index is 0.228. The van der Waals surface area contributed by atoms with E-state index in [2.05, 4.69) is 17.2 Å². The van der Waals surface area contributed by atoms with E-state index in [9.17, 15) is 0 Å². The second kappa shape index (κ2) is 4.06. The van der Waals surface area contributed by atoms with E-state index in [0.717, 1.165) is 30.1 Å². The molecule has 2 atom stereocenters. The Kier molecular flexibility index (Phi) is 2.77. The maximum atomic E-state index is 5.94. The van der Waals surface area contributed by atoms with Gasteiger partial charge in [0.1, 0.15) is 5.82 Å². The fourth-order valence-corrected chi connectivity index (χ4v) is 1.78. The van der Waals surface area contributed by atoms with E-state index < -0.39 is 0 Å². The number of pyridine rings is 1. The Balaban J connectivity index is 2.13. The zero-order chi connectivity index (χ0) is 10.8. The largest absolute Gasteiger partial charge is 0.396 e. The van der Waals surface area contributed by atoms with Gasteiger partial charge in [0.25, 0.3) is 0 Å². The topological polar surface area (TPSA) is 60.2 Å². The number of hydrogen-bond acceptors (Lipinski definition) is 4. The van der Waals surface area contributed by atoms with Gasteiger partial charge in [0.05, 0.1) is 17.8 Å². The van der Waals surface area contributed by atoms with Crippen LogP contribution in [-0.4, -0.2) is 23.7 Å². The lowest BCUT2D eigenvalue weighted by atomic mass is 10.1. The molecule has 82 valence electrons. The molecular weight excluding hydrogens is 190 g/mol. The predicted molar refractivity (Wildman–Crippen MR) is 60.8 cm³/mol. The van der Waals surface area contributed by atoms with Gasteiger partial charge >= 0.3 is 0 Å². The molecule has 1 aromatic heterocycles. The lowest BCUT2D eigenvalue weighted by Crippen LogP contribution is -2.27. The van der Waals surface area contributed by atoms with Gasteiger partial charge in [0, 0.05) is 12.8 Å². The molecule has 4 heteroatoms. The Morgan fingerprint density at radius 3 is 3.07 bits per heavy atom. The fraction of sp³-hybridized carbons (Fsp3) is 0.545. The highest BCUT2D eigenvalue weighted by Gasteiger charge is 2.24.